The number of nitrogens with one attached hydrogen (secondary N) is 1. The Morgan fingerprint density at radius 1 is 1.25 bits per heavy atom. The zero-order chi connectivity index (χ0) is 19.8. The summed E-state index contributed by atoms with van der Waals surface area (Å²) >= 11 is 0. The Morgan fingerprint density at radius 3 is 2.82 bits per heavy atom. The minimum absolute atomic E-state index is 0.0730. The average molecular weight is 385 g/mol. The summed E-state index contributed by atoms with van der Waals surface area (Å²) < 4.78 is 6.21. The quantitative estimate of drug-likeness (QED) is 0.781. The van der Waals surface area contributed by atoms with Gasteiger partial charge in [0.2, 0.25) is 11.8 Å². The Bertz CT molecular complexity index is 809. The average Bonchev–Trinajstić information content (AvgIpc) is 3.26. The molecule has 1 aromatic carbocycles. The van der Waals surface area contributed by atoms with E-state index in [0.717, 1.165) is 30.8 Å². The van der Waals surface area contributed by atoms with Crippen LogP contribution in [0.3, 0.4) is 0 Å². The number of likely N-dealkylation sites (N-methyl/N-ethyl adjacent to an activating group) is 1. The predicted octanol–water partition coefficient (Wildman–Crippen LogP) is 1.70. The van der Waals surface area contributed by atoms with Gasteiger partial charge in [-0.3, -0.25) is 24.6 Å². The second kappa shape index (κ2) is 7.54. The van der Waals surface area contributed by atoms with Crippen molar-refractivity contribution in [3.05, 3.63) is 29.3 Å². The number of ether oxygens (including phenoxy) is 1. The summed E-state index contributed by atoms with van der Waals surface area (Å²) in [6.45, 7) is 6.80. The first-order chi connectivity index (χ1) is 13.5. The number of hydrogen-bond acceptors (Lipinski definition) is 5. The van der Waals surface area contributed by atoms with Gasteiger partial charge >= 0.3 is 0 Å². The monoisotopic (exact) mass is 385 g/mol. The summed E-state index contributed by atoms with van der Waals surface area (Å²) in [7, 11) is 0. The molecule has 7 nitrogen and oxygen atoms in total. The number of likely N-dealkylation sites (tertiary alicyclic amines) is 1. The van der Waals surface area contributed by atoms with Gasteiger partial charge in [-0.25, -0.2) is 0 Å². The van der Waals surface area contributed by atoms with Crippen molar-refractivity contribution in [2.45, 2.75) is 64.3 Å². The summed E-state index contributed by atoms with van der Waals surface area (Å²) in [6.07, 6.45) is 3.05. The third-order valence-corrected chi connectivity index (χ3v) is 6.18. The molecule has 0 saturated carbocycles. The largest absolute Gasteiger partial charge is 0.489 e. The van der Waals surface area contributed by atoms with E-state index in [1.807, 2.05) is 12.1 Å². The molecule has 3 amide bonds. The molecule has 0 radical (unpaired) electrons. The molecule has 150 valence electrons. The standard InChI is InChI=1S/C21H27N3O4/c1-3-23-10-4-5-17(23)13(2)28-15-6-7-16-14(11-15)12-24(21(16)27)18-8-9-19(25)22-20(18)26/h6-7,11,13,17-18H,3-5,8-10,12H2,1-2H3,(H,22,25,26)/t13-,17+,18?/m1/s1. The van der Waals surface area contributed by atoms with E-state index < -0.39 is 6.04 Å². The molecule has 3 atom stereocenters. The molecular weight excluding hydrogens is 358 g/mol. The molecule has 3 aliphatic rings. The molecular formula is C21H27N3O4. The zero-order valence-electron chi connectivity index (χ0n) is 16.4. The van der Waals surface area contributed by atoms with Crippen LogP contribution in [0.4, 0.5) is 0 Å². The topological polar surface area (TPSA) is 79.0 Å². The number of piperidine rings is 1. The number of imide groups is 1. The van der Waals surface area contributed by atoms with Crippen LogP contribution in [0.15, 0.2) is 18.2 Å². The molecule has 4 rings (SSSR count). The van der Waals surface area contributed by atoms with Crippen molar-refractivity contribution < 1.29 is 19.1 Å². The lowest BCUT2D eigenvalue weighted by atomic mass is 10.0. The predicted molar refractivity (Wildman–Crippen MR) is 103 cm³/mol. The van der Waals surface area contributed by atoms with E-state index in [1.165, 1.54) is 6.42 Å². The van der Waals surface area contributed by atoms with Gasteiger partial charge in [-0.15, -0.1) is 0 Å². The third kappa shape index (κ3) is 3.39. The fourth-order valence-corrected chi connectivity index (χ4v) is 4.69. The fourth-order valence-electron chi connectivity index (χ4n) is 4.69. The van der Waals surface area contributed by atoms with Crippen molar-refractivity contribution in [1.82, 2.24) is 15.1 Å². The second-order valence-electron chi connectivity index (χ2n) is 7.88. The van der Waals surface area contributed by atoms with Crippen LogP contribution in [-0.2, 0) is 16.1 Å². The molecule has 0 aliphatic carbocycles. The first-order valence-corrected chi connectivity index (χ1v) is 10.2. The second-order valence-corrected chi connectivity index (χ2v) is 7.88. The van der Waals surface area contributed by atoms with E-state index in [0.29, 0.717) is 24.6 Å². The summed E-state index contributed by atoms with van der Waals surface area (Å²) in [6, 6.07) is 5.38. The minimum atomic E-state index is -0.586. The molecule has 2 fully saturated rings. The zero-order valence-corrected chi connectivity index (χ0v) is 16.4. The molecule has 0 aromatic heterocycles. The van der Waals surface area contributed by atoms with E-state index in [-0.39, 0.29) is 30.2 Å². The van der Waals surface area contributed by atoms with Crippen LogP contribution in [0, 0.1) is 0 Å². The lowest BCUT2D eigenvalue weighted by Gasteiger charge is -2.29. The van der Waals surface area contributed by atoms with Gasteiger partial charge in [0.1, 0.15) is 17.9 Å². The first-order valence-electron chi connectivity index (χ1n) is 10.2. The van der Waals surface area contributed by atoms with Crippen molar-refractivity contribution in [2.24, 2.45) is 0 Å². The normalized spacial score (nSPS) is 26.4. The van der Waals surface area contributed by atoms with Gasteiger partial charge in [-0.05, 0) is 63.0 Å². The van der Waals surface area contributed by atoms with Crippen molar-refractivity contribution in [3.8, 4) is 5.75 Å². The van der Waals surface area contributed by atoms with Crippen LogP contribution < -0.4 is 10.1 Å². The van der Waals surface area contributed by atoms with Gasteiger partial charge < -0.3 is 9.64 Å². The van der Waals surface area contributed by atoms with Gasteiger partial charge in [0.05, 0.1) is 0 Å². The van der Waals surface area contributed by atoms with E-state index in [2.05, 4.69) is 24.1 Å². The molecule has 1 unspecified atom stereocenters. The van der Waals surface area contributed by atoms with Crippen LogP contribution >= 0.6 is 0 Å². The highest BCUT2D eigenvalue weighted by Gasteiger charge is 2.39. The third-order valence-electron chi connectivity index (χ3n) is 6.18. The van der Waals surface area contributed by atoms with Crippen LogP contribution in [-0.4, -0.2) is 58.8 Å². The molecule has 0 bridgehead atoms. The molecule has 3 aliphatic heterocycles. The molecule has 2 saturated heterocycles. The van der Waals surface area contributed by atoms with Crippen molar-refractivity contribution in [3.63, 3.8) is 0 Å². The van der Waals surface area contributed by atoms with Crippen LogP contribution in [0.2, 0.25) is 0 Å². The Morgan fingerprint density at radius 2 is 2.07 bits per heavy atom. The van der Waals surface area contributed by atoms with E-state index in [1.54, 1.807) is 11.0 Å². The summed E-state index contributed by atoms with van der Waals surface area (Å²) in [5.41, 5.74) is 1.49. The minimum Gasteiger partial charge on any atom is -0.489 e. The number of nitrogens with zero attached hydrogens (tertiary/aromatic N) is 2. The smallest absolute Gasteiger partial charge is 0.255 e. The molecule has 0 spiro atoms. The van der Waals surface area contributed by atoms with Gasteiger partial charge in [0.15, 0.2) is 0 Å². The van der Waals surface area contributed by atoms with Crippen molar-refractivity contribution >= 4 is 17.7 Å². The maximum atomic E-state index is 12.8. The van der Waals surface area contributed by atoms with E-state index in [4.69, 9.17) is 4.74 Å². The lowest BCUT2D eigenvalue weighted by molar-refractivity contribution is -0.136. The van der Waals surface area contributed by atoms with Gasteiger partial charge in [0, 0.05) is 24.6 Å². The Hall–Kier alpha value is -2.41. The SMILES string of the molecule is CCN1CCC[C@H]1[C@@H](C)Oc1ccc2c(c1)CN(C1CCC(=O)NC1=O)C2=O. The molecule has 1 aromatic rings. The van der Waals surface area contributed by atoms with E-state index in [9.17, 15) is 14.4 Å². The Kier molecular flexibility index (Phi) is 5.10. The number of fused-ring (bicyclic) bond motifs is 1. The maximum absolute atomic E-state index is 12.8. The first kappa shape index (κ1) is 18.9. The summed E-state index contributed by atoms with van der Waals surface area (Å²) in [5, 5.41) is 2.33. The van der Waals surface area contributed by atoms with Crippen LogP contribution in [0.5, 0.6) is 5.75 Å². The van der Waals surface area contributed by atoms with Gasteiger partial charge in [-0.2, -0.15) is 0 Å². The maximum Gasteiger partial charge on any atom is 0.255 e. The fraction of sp³-hybridized carbons (Fsp3) is 0.571. The van der Waals surface area contributed by atoms with Crippen molar-refractivity contribution in [2.75, 3.05) is 13.1 Å². The van der Waals surface area contributed by atoms with Crippen molar-refractivity contribution in [1.29, 1.82) is 0 Å². The number of hydrogen-bond donors (Lipinski definition) is 1. The van der Waals surface area contributed by atoms with Crippen LogP contribution in [0.1, 0.15) is 55.5 Å². The summed E-state index contributed by atoms with van der Waals surface area (Å²) in [4.78, 5) is 40.3. The van der Waals surface area contributed by atoms with E-state index >= 15 is 0 Å². The number of amides is 3. The van der Waals surface area contributed by atoms with Gasteiger partial charge in [-0.1, -0.05) is 6.92 Å². The molecule has 1 N–H and O–H groups in total. The highest BCUT2D eigenvalue weighted by Crippen LogP contribution is 2.31. The Balaban J connectivity index is 1.46. The highest BCUT2D eigenvalue weighted by atomic mass is 16.5. The lowest BCUT2D eigenvalue weighted by Crippen LogP contribution is -2.52. The van der Waals surface area contributed by atoms with Gasteiger partial charge in [0.25, 0.3) is 5.91 Å². The Labute approximate surface area is 165 Å². The molecule has 28 heavy (non-hydrogen) atoms. The van der Waals surface area contributed by atoms with Crippen LogP contribution in [0.25, 0.3) is 0 Å². The summed E-state index contributed by atoms with van der Waals surface area (Å²) in [5.74, 6) is -0.0595. The number of benzene rings is 1. The molecule has 3 heterocycles. The highest BCUT2D eigenvalue weighted by molar-refractivity contribution is 6.05. The molecule has 7 heteroatoms. The number of rotatable bonds is 5. The number of carbonyl (C=O) groups excluding carboxylic acids is 3. The number of carbonyl (C=O) groups is 3.